The molecule has 0 aliphatic carbocycles. The zero-order valence-corrected chi connectivity index (χ0v) is 19.1. The second-order valence-electron chi connectivity index (χ2n) is 8.50. The molecule has 6 nitrogen and oxygen atoms in total. The first-order chi connectivity index (χ1) is 16.3. The molecule has 2 N–H and O–H groups in total. The molecule has 3 aromatic carbocycles. The smallest absolute Gasteiger partial charge is 0.255 e. The van der Waals surface area contributed by atoms with Crippen molar-refractivity contribution in [2.75, 3.05) is 16.8 Å². The van der Waals surface area contributed by atoms with E-state index in [1.165, 1.54) is 24.3 Å². The zero-order chi connectivity index (χ0) is 24.2. The standard InChI is InChI=1S/C27H26FN3O3/c1-17-5-3-8-24(18(17)2)31-16-21(14-25(31)32)26(33)29-15-19-6-4-7-23(13-19)30-27(34)20-9-11-22(28)12-10-20/h3-13,21H,14-16H2,1-2H3,(H,29,33)(H,30,34). The molecule has 1 saturated heterocycles. The van der Waals surface area contributed by atoms with Crippen molar-refractivity contribution in [3.05, 3.63) is 94.8 Å². The molecule has 1 aliphatic heterocycles. The number of benzene rings is 3. The van der Waals surface area contributed by atoms with Crippen LogP contribution in [0.1, 0.15) is 33.5 Å². The Kier molecular flexibility index (Phi) is 6.72. The van der Waals surface area contributed by atoms with Gasteiger partial charge in [-0.1, -0.05) is 24.3 Å². The van der Waals surface area contributed by atoms with Gasteiger partial charge >= 0.3 is 0 Å². The number of aryl methyl sites for hydroxylation is 1. The summed E-state index contributed by atoms with van der Waals surface area (Å²) in [6, 6.07) is 18.3. The summed E-state index contributed by atoms with van der Waals surface area (Å²) in [7, 11) is 0. The number of hydrogen-bond acceptors (Lipinski definition) is 3. The Labute approximate surface area is 197 Å². The van der Waals surface area contributed by atoms with E-state index in [0.717, 1.165) is 22.4 Å². The Morgan fingerprint density at radius 2 is 1.76 bits per heavy atom. The third-order valence-electron chi connectivity index (χ3n) is 6.12. The number of carbonyl (C=O) groups excluding carboxylic acids is 3. The third-order valence-corrected chi connectivity index (χ3v) is 6.12. The number of rotatable bonds is 6. The maximum Gasteiger partial charge on any atom is 0.255 e. The maximum absolute atomic E-state index is 13.1. The van der Waals surface area contributed by atoms with Crippen LogP contribution < -0.4 is 15.5 Å². The van der Waals surface area contributed by atoms with Crippen LogP contribution in [0.5, 0.6) is 0 Å². The van der Waals surface area contributed by atoms with E-state index in [1.807, 2.05) is 38.1 Å². The first kappa shape index (κ1) is 23.2. The number of carbonyl (C=O) groups is 3. The summed E-state index contributed by atoms with van der Waals surface area (Å²) in [6.45, 7) is 4.60. The molecular weight excluding hydrogens is 433 g/mol. The van der Waals surface area contributed by atoms with Gasteiger partial charge in [-0.15, -0.1) is 0 Å². The second-order valence-corrected chi connectivity index (χ2v) is 8.50. The Bertz CT molecular complexity index is 1240. The van der Waals surface area contributed by atoms with Crippen molar-refractivity contribution in [3.8, 4) is 0 Å². The predicted octanol–water partition coefficient (Wildman–Crippen LogP) is 4.36. The van der Waals surface area contributed by atoms with E-state index in [1.54, 1.807) is 23.1 Å². The van der Waals surface area contributed by atoms with Gasteiger partial charge in [0, 0.05) is 36.4 Å². The monoisotopic (exact) mass is 459 g/mol. The van der Waals surface area contributed by atoms with Crippen LogP contribution in [0.15, 0.2) is 66.7 Å². The van der Waals surface area contributed by atoms with Crippen molar-refractivity contribution in [3.63, 3.8) is 0 Å². The number of halogens is 1. The van der Waals surface area contributed by atoms with Crippen molar-refractivity contribution in [2.24, 2.45) is 5.92 Å². The van der Waals surface area contributed by atoms with Crippen LogP contribution in [0.2, 0.25) is 0 Å². The first-order valence-electron chi connectivity index (χ1n) is 11.1. The fourth-order valence-corrected chi connectivity index (χ4v) is 4.04. The minimum atomic E-state index is -0.422. The van der Waals surface area contributed by atoms with Gasteiger partial charge in [0.15, 0.2) is 0 Å². The molecule has 0 bridgehead atoms. The fourth-order valence-electron chi connectivity index (χ4n) is 4.04. The fraction of sp³-hybridized carbons (Fsp3) is 0.222. The molecule has 174 valence electrons. The van der Waals surface area contributed by atoms with Crippen LogP contribution >= 0.6 is 0 Å². The molecule has 0 spiro atoms. The predicted molar refractivity (Wildman–Crippen MR) is 129 cm³/mol. The van der Waals surface area contributed by atoms with E-state index in [9.17, 15) is 18.8 Å². The summed E-state index contributed by atoms with van der Waals surface area (Å²) in [5, 5.41) is 5.68. The number of hydrogen-bond donors (Lipinski definition) is 2. The molecule has 0 radical (unpaired) electrons. The van der Waals surface area contributed by atoms with Crippen molar-refractivity contribution in [1.29, 1.82) is 0 Å². The number of amides is 3. The average molecular weight is 460 g/mol. The van der Waals surface area contributed by atoms with Crippen molar-refractivity contribution in [2.45, 2.75) is 26.8 Å². The highest BCUT2D eigenvalue weighted by Gasteiger charge is 2.35. The Balaban J connectivity index is 1.35. The van der Waals surface area contributed by atoms with Crippen molar-refractivity contribution < 1.29 is 18.8 Å². The third kappa shape index (κ3) is 5.14. The van der Waals surface area contributed by atoms with E-state index >= 15 is 0 Å². The Morgan fingerprint density at radius 3 is 2.53 bits per heavy atom. The zero-order valence-electron chi connectivity index (χ0n) is 19.1. The van der Waals surface area contributed by atoms with E-state index in [0.29, 0.717) is 17.8 Å². The summed E-state index contributed by atoms with van der Waals surface area (Å²) in [5.41, 5.74) is 4.71. The molecule has 1 unspecified atom stereocenters. The molecule has 1 aliphatic rings. The molecule has 4 rings (SSSR count). The van der Waals surface area contributed by atoms with Crippen LogP contribution in [-0.4, -0.2) is 24.3 Å². The summed E-state index contributed by atoms with van der Waals surface area (Å²) in [4.78, 5) is 39.4. The van der Waals surface area contributed by atoms with E-state index in [2.05, 4.69) is 10.6 Å². The average Bonchev–Trinajstić information content (AvgIpc) is 3.21. The Hall–Kier alpha value is -4.00. The van der Waals surface area contributed by atoms with Gasteiger partial charge in [-0.25, -0.2) is 4.39 Å². The second kappa shape index (κ2) is 9.87. The summed E-state index contributed by atoms with van der Waals surface area (Å²) in [6.07, 6.45) is 0.174. The molecule has 1 fully saturated rings. The van der Waals surface area contributed by atoms with Gasteiger partial charge in [-0.05, 0) is 73.0 Å². The lowest BCUT2D eigenvalue weighted by molar-refractivity contribution is -0.126. The normalized spacial score (nSPS) is 15.3. The van der Waals surface area contributed by atoms with Gasteiger partial charge in [0.05, 0.1) is 5.92 Å². The van der Waals surface area contributed by atoms with E-state index in [4.69, 9.17) is 0 Å². The van der Waals surface area contributed by atoms with Crippen molar-refractivity contribution >= 4 is 29.1 Å². The van der Waals surface area contributed by atoms with Crippen molar-refractivity contribution in [1.82, 2.24) is 5.32 Å². The highest BCUT2D eigenvalue weighted by Crippen LogP contribution is 2.29. The largest absolute Gasteiger partial charge is 0.352 e. The van der Waals surface area contributed by atoms with Crippen LogP contribution in [0.4, 0.5) is 15.8 Å². The number of nitrogens with zero attached hydrogens (tertiary/aromatic N) is 1. The van der Waals surface area contributed by atoms with Gasteiger partial charge in [0.1, 0.15) is 5.82 Å². The lowest BCUT2D eigenvalue weighted by Gasteiger charge is -2.20. The lowest BCUT2D eigenvalue weighted by Crippen LogP contribution is -2.32. The first-order valence-corrected chi connectivity index (χ1v) is 11.1. The maximum atomic E-state index is 13.1. The summed E-state index contributed by atoms with van der Waals surface area (Å²) < 4.78 is 13.1. The Morgan fingerprint density at radius 1 is 1.03 bits per heavy atom. The van der Waals surface area contributed by atoms with Gasteiger partial charge in [0.2, 0.25) is 11.8 Å². The molecule has 0 aromatic heterocycles. The van der Waals surface area contributed by atoms with E-state index < -0.39 is 11.7 Å². The van der Waals surface area contributed by atoms with Gasteiger partial charge < -0.3 is 15.5 Å². The van der Waals surface area contributed by atoms with E-state index in [-0.39, 0.29) is 30.7 Å². The molecule has 34 heavy (non-hydrogen) atoms. The van der Waals surface area contributed by atoms with Crippen LogP contribution in [0.3, 0.4) is 0 Å². The molecule has 7 heteroatoms. The number of anilines is 2. The molecular formula is C27H26FN3O3. The topological polar surface area (TPSA) is 78.5 Å². The quantitative estimate of drug-likeness (QED) is 0.575. The highest BCUT2D eigenvalue weighted by atomic mass is 19.1. The molecule has 1 atom stereocenters. The van der Waals surface area contributed by atoms with Crippen LogP contribution in [0.25, 0.3) is 0 Å². The molecule has 0 saturated carbocycles. The van der Waals surface area contributed by atoms with Gasteiger partial charge in [-0.2, -0.15) is 0 Å². The molecule has 3 amide bonds. The van der Waals surface area contributed by atoms with Crippen LogP contribution in [0, 0.1) is 25.6 Å². The summed E-state index contributed by atoms with van der Waals surface area (Å²) >= 11 is 0. The lowest BCUT2D eigenvalue weighted by atomic mass is 10.1. The van der Waals surface area contributed by atoms with Gasteiger partial charge in [-0.3, -0.25) is 14.4 Å². The minimum Gasteiger partial charge on any atom is -0.352 e. The molecule has 1 heterocycles. The van der Waals surface area contributed by atoms with Gasteiger partial charge in [0.25, 0.3) is 5.91 Å². The molecule has 3 aromatic rings. The SMILES string of the molecule is Cc1cccc(N2CC(C(=O)NCc3cccc(NC(=O)c4ccc(F)cc4)c3)CC2=O)c1C. The number of nitrogens with one attached hydrogen (secondary N) is 2. The minimum absolute atomic E-state index is 0.0562. The van der Waals surface area contributed by atoms with Crippen LogP contribution in [-0.2, 0) is 16.1 Å². The highest BCUT2D eigenvalue weighted by molar-refractivity contribution is 6.04. The summed E-state index contributed by atoms with van der Waals surface area (Å²) in [5.74, 6) is -1.41.